The zero-order valence-electron chi connectivity index (χ0n) is 22.8. The van der Waals surface area contributed by atoms with Crippen LogP contribution in [0.25, 0.3) is 0 Å². The molecule has 230 valence electrons. The molecule has 0 aromatic heterocycles. The van der Waals surface area contributed by atoms with Gasteiger partial charge in [-0.05, 0) is 74.4 Å². The van der Waals surface area contributed by atoms with E-state index in [4.69, 9.17) is 0 Å². The lowest BCUT2D eigenvalue weighted by molar-refractivity contribution is -0.310. The molecule has 0 amide bonds. The van der Waals surface area contributed by atoms with Crippen molar-refractivity contribution in [3.05, 3.63) is 91.0 Å². The summed E-state index contributed by atoms with van der Waals surface area (Å²) in [5, 5.41) is -5.64. The lowest BCUT2D eigenvalue weighted by atomic mass is 9.53. The van der Waals surface area contributed by atoms with Gasteiger partial charge in [0.15, 0.2) is 24.8 Å². The van der Waals surface area contributed by atoms with Crippen LogP contribution < -0.4 is 0 Å². The average Bonchev–Trinajstić information content (AvgIpc) is 2.95. The quantitative estimate of drug-likeness (QED) is 0.158. The van der Waals surface area contributed by atoms with Gasteiger partial charge in [-0.25, -0.2) is 8.42 Å². The van der Waals surface area contributed by atoms with Crippen LogP contribution in [0, 0.1) is 17.8 Å². The first kappa shape index (κ1) is 31.6. The van der Waals surface area contributed by atoms with Crippen LogP contribution in [0.3, 0.4) is 0 Å². The summed E-state index contributed by atoms with van der Waals surface area (Å²) >= 11 is 0. The van der Waals surface area contributed by atoms with Crippen molar-refractivity contribution in [3.63, 3.8) is 0 Å². The third-order valence-electron chi connectivity index (χ3n) is 8.18. The standard InChI is InChI=1S/C18H15S.C13H15F5O5S/c1-4-10-16(11-5-1)19(17-12-6-2-7-13-17)18-14-8-3-9-15-18;14-12(15,16)10(13(17,18)24(20,21)22)23-11-3-6-1-7(4-11)9(19)8(2-6)5-11/h1-15H;6-8,10H,1-5H2,(H,20,21,22)/q+1;/p-1. The van der Waals surface area contributed by atoms with Crippen molar-refractivity contribution in [2.75, 3.05) is 0 Å². The Balaban J connectivity index is 0.000000176. The summed E-state index contributed by atoms with van der Waals surface area (Å²) in [4.78, 5) is 16.1. The topological polar surface area (TPSA) is 83.5 Å². The van der Waals surface area contributed by atoms with Crippen molar-refractivity contribution in [3.8, 4) is 0 Å². The maximum atomic E-state index is 13.6. The van der Waals surface area contributed by atoms with Crippen LogP contribution in [0.5, 0.6) is 0 Å². The van der Waals surface area contributed by atoms with Gasteiger partial charge in [0.25, 0.3) is 0 Å². The predicted octanol–water partition coefficient (Wildman–Crippen LogP) is 7.00. The molecule has 12 heteroatoms. The SMILES string of the molecule is O=C1C2CC3CC1CC(OC(C(F)(F)F)C(F)(F)S(=O)(=O)[O-])(C3)C2.c1ccc([S+](c2ccccc2)c2ccccc2)cc1. The minimum atomic E-state index is -6.57. The van der Waals surface area contributed by atoms with E-state index < -0.39 is 45.1 Å². The number of ketones is 1. The van der Waals surface area contributed by atoms with Crippen LogP contribution in [-0.2, 0) is 30.5 Å². The third-order valence-corrected chi connectivity index (χ3v) is 11.3. The Morgan fingerprint density at radius 2 is 1.14 bits per heavy atom. The van der Waals surface area contributed by atoms with Crippen LogP contribution >= 0.6 is 0 Å². The van der Waals surface area contributed by atoms with E-state index in [2.05, 4.69) is 95.7 Å². The van der Waals surface area contributed by atoms with Gasteiger partial charge < -0.3 is 9.29 Å². The number of ether oxygens (including phenoxy) is 1. The molecule has 0 saturated heterocycles. The van der Waals surface area contributed by atoms with Crippen molar-refractivity contribution < 1.29 is 44.5 Å². The molecule has 4 aliphatic carbocycles. The molecule has 0 radical (unpaired) electrons. The first-order chi connectivity index (χ1) is 20.2. The zero-order valence-corrected chi connectivity index (χ0v) is 24.4. The molecule has 0 aliphatic heterocycles. The molecule has 4 saturated carbocycles. The highest BCUT2D eigenvalue weighted by Gasteiger charge is 2.66. The Hall–Kier alpha value is -2.80. The van der Waals surface area contributed by atoms with Crippen molar-refractivity contribution in [2.45, 2.75) is 69.9 Å². The number of hydrogen-bond acceptors (Lipinski definition) is 5. The van der Waals surface area contributed by atoms with Gasteiger partial charge in [-0.3, -0.25) is 4.79 Å². The fraction of sp³-hybridized carbons (Fsp3) is 0.387. The number of carbonyl (C=O) groups is 1. The van der Waals surface area contributed by atoms with Crippen LogP contribution in [-0.4, -0.2) is 41.9 Å². The first-order valence-corrected chi connectivity index (χ1v) is 16.3. The number of carbonyl (C=O) groups excluding carboxylic acids is 1. The second-order valence-corrected chi connectivity index (χ2v) is 14.7. The van der Waals surface area contributed by atoms with Crippen molar-refractivity contribution in [1.82, 2.24) is 0 Å². The van der Waals surface area contributed by atoms with E-state index in [1.54, 1.807) is 0 Å². The highest BCUT2D eigenvalue weighted by atomic mass is 32.2. The van der Waals surface area contributed by atoms with E-state index in [0.717, 1.165) is 0 Å². The lowest BCUT2D eigenvalue weighted by Crippen LogP contribution is -2.61. The lowest BCUT2D eigenvalue weighted by Gasteiger charge is -2.56. The normalized spacial score (nSPS) is 25.7. The molecule has 4 aliphatic rings. The maximum absolute atomic E-state index is 13.6. The fourth-order valence-corrected chi connectivity index (χ4v) is 9.15. The molecular weight excluding hydrogens is 611 g/mol. The number of hydrogen-bond donors (Lipinski definition) is 0. The maximum Gasteiger partial charge on any atom is 0.421 e. The largest absolute Gasteiger partial charge is 0.743 e. The number of alkyl halides is 5. The Labute approximate surface area is 249 Å². The molecule has 3 aromatic carbocycles. The third kappa shape index (κ3) is 6.67. The number of benzene rings is 3. The minimum Gasteiger partial charge on any atom is -0.743 e. The molecule has 4 bridgehead atoms. The molecule has 0 spiro atoms. The number of rotatable bonds is 7. The van der Waals surface area contributed by atoms with Gasteiger partial charge in [0, 0.05) is 11.8 Å². The van der Waals surface area contributed by atoms with Crippen LogP contribution in [0.1, 0.15) is 32.1 Å². The molecule has 4 fully saturated rings. The molecular formula is C31H29F5O5S2. The molecule has 5 nitrogen and oxygen atoms in total. The minimum absolute atomic E-state index is 0.0146. The zero-order chi connectivity index (χ0) is 31.0. The monoisotopic (exact) mass is 640 g/mol. The Kier molecular flexibility index (Phi) is 8.78. The molecule has 3 aromatic rings. The first-order valence-electron chi connectivity index (χ1n) is 13.7. The van der Waals surface area contributed by atoms with Gasteiger partial charge in [0.1, 0.15) is 5.78 Å². The van der Waals surface area contributed by atoms with E-state index in [0.29, 0.717) is 12.8 Å². The summed E-state index contributed by atoms with van der Waals surface area (Å²) in [7, 11) is -6.59. The molecule has 0 heterocycles. The molecule has 7 rings (SSSR count). The second kappa shape index (κ2) is 11.9. The van der Waals surface area contributed by atoms with Gasteiger partial charge >= 0.3 is 11.4 Å². The summed E-state index contributed by atoms with van der Waals surface area (Å²) < 4.78 is 103. The van der Waals surface area contributed by atoms with E-state index in [9.17, 15) is 39.7 Å². The van der Waals surface area contributed by atoms with Crippen molar-refractivity contribution in [2.24, 2.45) is 17.8 Å². The van der Waals surface area contributed by atoms with Gasteiger partial charge in [-0.1, -0.05) is 54.6 Å². The van der Waals surface area contributed by atoms with Crippen molar-refractivity contribution >= 4 is 26.8 Å². The van der Waals surface area contributed by atoms with Gasteiger partial charge in [-0.15, -0.1) is 0 Å². The van der Waals surface area contributed by atoms with Gasteiger partial charge in [0.2, 0.25) is 6.10 Å². The molecule has 3 atom stereocenters. The van der Waals surface area contributed by atoms with E-state index in [-0.39, 0.29) is 41.9 Å². The summed E-state index contributed by atoms with van der Waals surface area (Å²) in [5.41, 5.74) is -1.64. The Bertz CT molecular complexity index is 1410. The van der Waals surface area contributed by atoms with Crippen LogP contribution in [0.2, 0.25) is 0 Å². The second-order valence-electron chi connectivity index (χ2n) is 11.2. The number of halogens is 5. The van der Waals surface area contributed by atoms with E-state index in [1.807, 2.05) is 0 Å². The molecule has 43 heavy (non-hydrogen) atoms. The Morgan fingerprint density at radius 1 is 0.744 bits per heavy atom. The van der Waals surface area contributed by atoms with Gasteiger partial charge in [-0.2, -0.15) is 22.0 Å². The summed E-state index contributed by atoms with van der Waals surface area (Å²) in [6.45, 7) is 0. The summed E-state index contributed by atoms with van der Waals surface area (Å²) in [5.74, 6) is -1.33. The number of Topliss-reactive ketones (excluding diaryl/α,β-unsaturated/α-hetero) is 1. The smallest absolute Gasteiger partial charge is 0.421 e. The fourth-order valence-electron chi connectivity index (χ4n) is 6.60. The van der Waals surface area contributed by atoms with Crippen LogP contribution in [0.15, 0.2) is 106 Å². The highest BCUT2D eigenvalue weighted by Crippen LogP contribution is 2.57. The average molecular weight is 641 g/mol. The van der Waals surface area contributed by atoms with Gasteiger partial charge in [0.05, 0.1) is 16.5 Å². The van der Waals surface area contributed by atoms with E-state index >= 15 is 0 Å². The highest BCUT2D eigenvalue weighted by molar-refractivity contribution is 7.97. The molecule has 3 unspecified atom stereocenters. The molecule has 0 N–H and O–H groups in total. The summed E-state index contributed by atoms with van der Waals surface area (Å²) in [6, 6.07) is 32.2. The van der Waals surface area contributed by atoms with E-state index in [1.165, 1.54) is 14.7 Å². The van der Waals surface area contributed by atoms with Crippen LogP contribution in [0.4, 0.5) is 22.0 Å². The van der Waals surface area contributed by atoms with Crippen molar-refractivity contribution in [1.29, 1.82) is 0 Å². The summed E-state index contributed by atoms with van der Waals surface area (Å²) in [6.07, 6.45) is -9.08. The Morgan fingerprint density at radius 3 is 1.49 bits per heavy atom. The predicted molar refractivity (Wildman–Crippen MR) is 148 cm³/mol.